The standard InChI is InChI=1S/C20H12ClN7O3/c21-16-7-12(1-4-18(16)31-14-5-6-27-19(9-14)23-11-25-27)26-20-15-8-13(28(29)30)2-3-17(15)22-10-24-20/h1-11H,(H,22,24,26). The van der Waals surface area contributed by atoms with E-state index in [9.17, 15) is 10.1 Å². The van der Waals surface area contributed by atoms with Crippen LogP contribution in [0.4, 0.5) is 17.2 Å². The summed E-state index contributed by atoms with van der Waals surface area (Å²) in [6, 6.07) is 13.1. The van der Waals surface area contributed by atoms with Crippen molar-refractivity contribution < 1.29 is 9.66 Å². The van der Waals surface area contributed by atoms with Crippen LogP contribution in [-0.2, 0) is 0 Å². The van der Waals surface area contributed by atoms with Crippen molar-refractivity contribution in [1.29, 1.82) is 0 Å². The Balaban J connectivity index is 1.42. The van der Waals surface area contributed by atoms with Crippen molar-refractivity contribution in [2.45, 2.75) is 0 Å². The summed E-state index contributed by atoms with van der Waals surface area (Å²) < 4.78 is 7.49. The van der Waals surface area contributed by atoms with Gasteiger partial charge in [-0.1, -0.05) is 11.6 Å². The molecule has 3 heterocycles. The predicted molar refractivity (Wildman–Crippen MR) is 114 cm³/mol. The number of anilines is 2. The Morgan fingerprint density at radius 1 is 1.03 bits per heavy atom. The first-order valence-corrected chi connectivity index (χ1v) is 9.37. The van der Waals surface area contributed by atoms with Gasteiger partial charge in [-0.15, -0.1) is 0 Å². The Labute approximate surface area is 179 Å². The summed E-state index contributed by atoms with van der Waals surface area (Å²) in [6.45, 7) is 0. The number of rotatable bonds is 5. The van der Waals surface area contributed by atoms with E-state index in [0.29, 0.717) is 44.6 Å². The van der Waals surface area contributed by atoms with Gasteiger partial charge in [-0.3, -0.25) is 10.1 Å². The van der Waals surface area contributed by atoms with Gasteiger partial charge < -0.3 is 10.1 Å². The molecule has 0 aliphatic rings. The third-order valence-corrected chi connectivity index (χ3v) is 4.80. The highest BCUT2D eigenvalue weighted by Crippen LogP contribution is 2.34. The number of non-ortho nitro benzene ring substituents is 1. The van der Waals surface area contributed by atoms with Gasteiger partial charge in [0.2, 0.25) is 0 Å². The molecule has 0 unspecified atom stereocenters. The van der Waals surface area contributed by atoms with Crippen molar-refractivity contribution in [2.24, 2.45) is 0 Å². The Bertz CT molecular complexity index is 1450. The highest BCUT2D eigenvalue weighted by atomic mass is 35.5. The van der Waals surface area contributed by atoms with E-state index in [1.54, 1.807) is 47.1 Å². The number of nitrogens with zero attached hydrogens (tertiary/aromatic N) is 6. The second-order valence-electron chi connectivity index (χ2n) is 6.48. The van der Waals surface area contributed by atoms with Crippen molar-refractivity contribution in [3.63, 3.8) is 0 Å². The van der Waals surface area contributed by atoms with Crippen LogP contribution in [0.15, 0.2) is 67.4 Å². The van der Waals surface area contributed by atoms with E-state index in [0.717, 1.165) is 0 Å². The molecule has 0 bridgehead atoms. The smallest absolute Gasteiger partial charge is 0.270 e. The van der Waals surface area contributed by atoms with Crippen molar-refractivity contribution >= 4 is 45.3 Å². The SMILES string of the molecule is O=[N+]([O-])c1ccc2ncnc(Nc3ccc(Oc4ccn5ncnc5c4)c(Cl)c3)c2c1. The fourth-order valence-electron chi connectivity index (χ4n) is 3.04. The van der Waals surface area contributed by atoms with Crippen LogP contribution >= 0.6 is 11.6 Å². The number of aromatic nitrogens is 5. The van der Waals surface area contributed by atoms with E-state index in [1.807, 2.05) is 0 Å². The van der Waals surface area contributed by atoms with Gasteiger partial charge in [0.15, 0.2) is 5.65 Å². The quantitative estimate of drug-likeness (QED) is 0.311. The van der Waals surface area contributed by atoms with Gasteiger partial charge in [-0.25, -0.2) is 19.5 Å². The van der Waals surface area contributed by atoms with Gasteiger partial charge in [-0.2, -0.15) is 5.10 Å². The number of nitro groups is 1. The number of hydrogen-bond donors (Lipinski definition) is 1. The average Bonchev–Trinajstić information content (AvgIpc) is 3.23. The van der Waals surface area contributed by atoms with Gasteiger partial charge in [0.25, 0.3) is 5.69 Å². The maximum atomic E-state index is 11.1. The minimum absolute atomic E-state index is 0.0447. The molecule has 0 atom stereocenters. The van der Waals surface area contributed by atoms with Gasteiger partial charge in [0, 0.05) is 35.5 Å². The van der Waals surface area contributed by atoms with Crippen molar-refractivity contribution in [1.82, 2.24) is 24.6 Å². The van der Waals surface area contributed by atoms with Gasteiger partial charge >= 0.3 is 0 Å². The zero-order valence-corrected chi connectivity index (χ0v) is 16.4. The van der Waals surface area contributed by atoms with E-state index in [4.69, 9.17) is 16.3 Å². The highest BCUT2D eigenvalue weighted by molar-refractivity contribution is 6.32. The summed E-state index contributed by atoms with van der Waals surface area (Å²) in [5.41, 5.74) is 1.82. The molecule has 152 valence electrons. The zero-order chi connectivity index (χ0) is 21.4. The molecule has 0 saturated carbocycles. The van der Waals surface area contributed by atoms with E-state index < -0.39 is 4.92 Å². The summed E-state index contributed by atoms with van der Waals surface area (Å²) >= 11 is 6.41. The normalized spacial score (nSPS) is 11.0. The molecule has 0 aliphatic heterocycles. The number of nitro benzene ring substituents is 1. The maximum Gasteiger partial charge on any atom is 0.270 e. The average molecular weight is 434 g/mol. The monoisotopic (exact) mass is 433 g/mol. The minimum atomic E-state index is -0.462. The first kappa shape index (κ1) is 18.7. The molecule has 0 aliphatic carbocycles. The number of hydrogen-bond acceptors (Lipinski definition) is 8. The minimum Gasteiger partial charge on any atom is -0.456 e. The Kier molecular flexibility index (Phi) is 4.53. The molecule has 10 nitrogen and oxygen atoms in total. The topological polar surface area (TPSA) is 120 Å². The molecule has 0 amide bonds. The van der Waals surface area contributed by atoms with E-state index in [2.05, 4.69) is 25.4 Å². The van der Waals surface area contributed by atoms with Gasteiger partial charge in [-0.05, 0) is 30.3 Å². The summed E-state index contributed by atoms with van der Waals surface area (Å²) in [6.07, 6.45) is 4.58. The zero-order valence-electron chi connectivity index (χ0n) is 15.6. The number of fused-ring (bicyclic) bond motifs is 2. The maximum absolute atomic E-state index is 11.1. The second kappa shape index (κ2) is 7.50. The molecule has 11 heteroatoms. The first-order valence-electron chi connectivity index (χ1n) is 9.00. The van der Waals surface area contributed by atoms with Crippen LogP contribution in [0.25, 0.3) is 16.6 Å². The molecule has 0 radical (unpaired) electrons. The fourth-order valence-corrected chi connectivity index (χ4v) is 3.26. The Morgan fingerprint density at radius 2 is 1.94 bits per heavy atom. The molecule has 5 aromatic rings. The molecule has 1 N–H and O–H groups in total. The molecule has 3 aromatic heterocycles. The predicted octanol–water partition coefficient (Wildman–Crippen LogP) is 4.77. The number of nitrogens with one attached hydrogen (secondary N) is 1. The van der Waals surface area contributed by atoms with Crippen molar-refractivity contribution in [3.05, 3.63) is 82.5 Å². The van der Waals surface area contributed by atoms with Crippen LogP contribution in [-0.4, -0.2) is 29.5 Å². The number of pyridine rings is 1. The molecule has 2 aromatic carbocycles. The van der Waals surface area contributed by atoms with Crippen LogP contribution in [0, 0.1) is 10.1 Å². The van der Waals surface area contributed by atoms with Gasteiger partial charge in [0.05, 0.1) is 15.5 Å². The van der Waals surface area contributed by atoms with E-state index in [-0.39, 0.29) is 5.69 Å². The molecule has 0 fully saturated rings. The Hall–Kier alpha value is -4.31. The summed E-state index contributed by atoms with van der Waals surface area (Å²) in [7, 11) is 0. The lowest BCUT2D eigenvalue weighted by atomic mass is 10.2. The van der Waals surface area contributed by atoms with E-state index >= 15 is 0 Å². The fraction of sp³-hybridized carbons (Fsp3) is 0. The first-order chi connectivity index (χ1) is 15.1. The molecule has 0 spiro atoms. The summed E-state index contributed by atoms with van der Waals surface area (Å²) in [5, 5.41) is 19.2. The van der Waals surface area contributed by atoms with Crippen LogP contribution in [0.1, 0.15) is 0 Å². The molecule has 5 rings (SSSR count). The third kappa shape index (κ3) is 3.67. The number of halogens is 1. The van der Waals surface area contributed by atoms with Crippen LogP contribution in [0.2, 0.25) is 5.02 Å². The largest absolute Gasteiger partial charge is 0.456 e. The lowest BCUT2D eigenvalue weighted by Crippen LogP contribution is -1.97. The van der Waals surface area contributed by atoms with Crippen molar-refractivity contribution in [3.8, 4) is 11.5 Å². The van der Waals surface area contributed by atoms with Crippen molar-refractivity contribution in [2.75, 3.05) is 5.32 Å². The summed E-state index contributed by atoms with van der Waals surface area (Å²) in [5.74, 6) is 1.45. The molecule has 0 saturated heterocycles. The second-order valence-corrected chi connectivity index (χ2v) is 6.89. The number of ether oxygens (including phenoxy) is 1. The number of benzene rings is 2. The lowest BCUT2D eigenvalue weighted by Gasteiger charge is -2.11. The molecular formula is C20H12ClN7O3. The lowest BCUT2D eigenvalue weighted by molar-refractivity contribution is -0.384. The van der Waals surface area contributed by atoms with Crippen LogP contribution in [0.3, 0.4) is 0 Å². The summed E-state index contributed by atoms with van der Waals surface area (Å²) in [4.78, 5) is 23.1. The van der Waals surface area contributed by atoms with E-state index in [1.165, 1.54) is 24.8 Å². The van der Waals surface area contributed by atoms with Gasteiger partial charge in [0.1, 0.15) is 30.0 Å². The third-order valence-electron chi connectivity index (χ3n) is 4.50. The highest BCUT2D eigenvalue weighted by Gasteiger charge is 2.12. The molecular weight excluding hydrogens is 422 g/mol. The Morgan fingerprint density at radius 3 is 2.77 bits per heavy atom. The van der Waals surface area contributed by atoms with Crippen LogP contribution in [0.5, 0.6) is 11.5 Å². The van der Waals surface area contributed by atoms with Crippen LogP contribution < -0.4 is 10.1 Å². The molecule has 31 heavy (non-hydrogen) atoms.